The van der Waals surface area contributed by atoms with Gasteiger partial charge in [-0.2, -0.15) is 4.31 Å². The van der Waals surface area contributed by atoms with E-state index in [4.69, 9.17) is 10.5 Å². The molecule has 0 saturated carbocycles. The van der Waals surface area contributed by atoms with Crippen molar-refractivity contribution in [1.29, 1.82) is 0 Å². The molecular weight excluding hydrogens is 404 g/mol. The number of ether oxygens (including phenoxy) is 1. The van der Waals surface area contributed by atoms with Gasteiger partial charge in [0.25, 0.3) is 5.91 Å². The average Bonchev–Trinajstić information content (AvgIpc) is 3.17. The zero-order valence-corrected chi connectivity index (χ0v) is 18.8. The minimum Gasteiger partial charge on any atom is -0.496 e. The van der Waals surface area contributed by atoms with Gasteiger partial charge in [0.05, 0.1) is 29.3 Å². The molecule has 8 nitrogen and oxygen atoms in total. The van der Waals surface area contributed by atoms with Gasteiger partial charge in [0.1, 0.15) is 11.6 Å². The molecule has 2 aromatic rings. The molecule has 1 atom stereocenters. The van der Waals surface area contributed by atoms with Crippen molar-refractivity contribution >= 4 is 15.9 Å². The van der Waals surface area contributed by atoms with E-state index < -0.39 is 22.0 Å². The smallest absolute Gasteiger partial charge is 0.252 e. The van der Waals surface area contributed by atoms with E-state index in [1.807, 2.05) is 13.8 Å². The van der Waals surface area contributed by atoms with Crippen molar-refractivity contribution in [2.75, 3.05) is 13.7 Å². The van der Waals surface area contributed by atoms with Crippen LogP contribution in [0.15, 0.2) is 23.2 Å². The van der Waals surface area contributed by atoms with E-state index in [-0.39, 0.29) is 16.4 Å². The predicted molar refractivity (Wildman–Crippen MR) is 113 cm³/mol. The molecule has 1 aromatic carbocycles. The molecular formula is C21H28N4O4S. The number of nitrogens with zero attached hydrogens (tertiary/aromatic N) is 3. The minimum atomic E-state index is -3.78. The Balaban J connectivity index is 2.05. The fraction of sp³-hybridized carbons (Fsp3) is 0.476. The second-order valence-corrected chi connectivity index (χ2v) is 9.74. The van der Waals surface area contributed by atoms with Gasteiger partial charge in [0, 0.05) is 12.7 Å². The highest BCUT2D eigenvalue weighted by Gasteiger charge is 2.39. The molecule has 1 aliphatic heterocycles. The Morgan fingerprint density at radius 1 is 1.30 bits per heavy atom. The molecule has 1 aromatic heterocycles. The lowest BCUT2D eigenvalue weighted by Crippen LogP contribution is -2.32. The third-order valence-corrected chi connectivity index (χ3v) is 7.55. The maximum absolute atomic E-state index is 13.6. The van der Waals surface area contributed by atoms with Crippen LogP contribution >= 0.6 is 0 Å². The first-order valence-electron chi connectivity index (χ1n) is 9.91. The van der Waals surface area contributed by atoms with E-state index in [1.54, 1.807) is 33.1 Å². The van der Waals surface area contributed by atoms with Crippen LogP contribution in [-0.2, 0) is 10.0 Å². The molecule has 1 amide bonds. The van der Waals surface area contributed by atoms with Crippen LogP contribution in [-0.4, -0.2) is 42.3 Å². The summed E-state index contributed by atoms with van der Waals surface area (Å²) in [5.74, 6) is 0.565. The van der Waals surface area contributed by atoms with E-state index in [1.165, 1.54) is 10.5 Å². The standard InChI is InChI=1S/C21H28N4O4S/c1-12(2)15-10-19(13(3)9-18(15)29-5)30(27,28)25-8-6-7-17(25)21-23-11-16(20(22)26)14(4)24-21/h9-12,17H,6-8H2,1-5H3,(H2,22,26). The van der Waals surface area contributed by atoms with Crippen LogP contribution in [0, 0.1) is 13.8 Å². The van der Waals surface area contributed by atoms with Crippen LogP contribution in [0.4, 0.5) is 0 Å². The van der Waals surface area contributed by atoms with E-state index in [9.17, 15) is 13.2 Å². The normalized spacial score (nSPS) is 17.5. The van der Waals surface area contributed by atoms with Gasteiger partial charge < -0.3 is 10.5 Å². The largest absolute Gasteiger partial charge is 0.496 e. The quantitative estimate of drug-likeness (QED) is 0.750. The number of hydrogen-bond donors (Lipinski definition) is 1. The molecule has 0 aliphatic carbocycles. The lowest BCUT2D eigenvalue weighted by molar-refractivity contribution is 0.0998. The number of aryl methyl sites for hydroxylation is 2. The van der Waals surface area contributed by atoms with Gasteiger partial charge in [-0.3, -0.25) is 4.79 Å². The summed E-state index contributed by atoms with van der Waals surface area (Å²) in [4.78, 5) is 20.4. The van der Waals surface area contributed by atoms with Gasteiger partial charge >= 0.3 is 0 Å². The summed E-state index contributed by atoms with van der Waals surface area (Å²) >= 11 is 0. The van der Waals surface area contributed by atoms with E-state index in [0.717, 1.165) is 5.56 Å². The molecule has 2 heterocycles. The number of methoxy groups -OCH3 is 1. The van der Waals surface area contributed by atoms with Crippen molar-refractivity contribution in [3.8, 4) is 5.75 Å². The van der Waals surface area contributed by atoms with Gasteiger partial charge in [-0.1, -0.05) is 13.8 Å². The molecule has 1 aliphatic rings. The van der Waals surface area contributed by atoms with Crippen molar-refractivity contribution in [1.82, 2.24) is 14.3 Å². The first-order chi connectivity index (χ1) is 14.1. The summed E-state index contributed by atoms with van der Waals surface area (Å²) in [7, 11) is -2.20. The molecule has 2 N–H and O–H groups in total. The molecule has 162 valence electrons. The highest BCUT2D eigenvalue weighted by atomic mass is 32.2. The fourth-order valence-electron chi connectivity index (χ4n) is 3.88. The molecule has 30 heavy (non-hydrogen) atoms. The fourth-order valence-corrected chi connectivity index (χ4v) is 5.78. The number of sulfonamides is 1. The number of primary amides is 1. The van der Waals surface area contributed by atoms with Crippen molar-refractivity contribution < 1.29 is 17.9 Å². The van der Waals surface area contributed by atoms with Crippen LogP contribution in [0.25, 0.3) is 0 Å². The number of amides is 1. The monoisotopic (exact) mass is 432 g/mol. The predicted octanol–water partition coefficient (Wildman–Crippen LogP) is 2.85. The topological polar surface area (TPSA) is 115 Å². The van der Waals surface area contributed by atoms with E-state index in [0.29, 0.717) is 42.2 Å². The Hall–Kier alpha value is -2.52. The minimum absolute atomic E-state index is 0.108. The number of rotatable bonds is 6. The molecule has 3 rings (SSSR count). The number of benzene rings is 1. The lowest BCUT2D eigenvalue weighted by atomic mass is 10.0. The molecule has 1 saturated heterocycles. The first-order valence-corrected chi connectivity index (χ1v) is 11.4. The number of nitrogens with two attached hydrogens (primary N) is 1. The number of carbonyl (C=O) groups is 1. The summed E-state index contributed by atoms with van der Waals surface area (Å²) < 4.78 is 34.2. The third-order valence-electron chi connectivity index (χ3n) is 5.50. The molecule has 0 spiro atoms. The van der Waals surface area contributed by atoms with Crippen LogP contribution < -0.4 is 10.5 Å². The maximum atomic E-state index is 13.6. The second kappa shape index (κ2) is 8.31. The van der Waals surface area contributed by atoms with Crippen molar-refractivity contribution in [2.24, 2.45) is 5.73 Å². The van der Waals surface area contributed by atoms with Gasteiger partial charge in [0.2, 0.25) is 10.0 Å². The van der Waals surface area contributed by atoms with Gasteiger partial charge in [-0.25, -0.2) is 18.4 Å². The Morgan fingerprint density at radius 3 is 2.57 bits per heavy atom. The summed E-state index contributed by atoms with van der Waals surface area (Å²) in [5, 5.41) is 0. The average molecular weight is 433 g/mol. The second-order valence-electron chi connectivity index (χ2n) is 7.88. The molecule has 1 fully saturated rings. The summed E-state index contributed by atoms with van der Waals surface area (Å²) in [5.41, 5.74) is 7.48. The lowest BCUT2D eigenvalue weighted by Gasteiger charge is -2.25. The molecule has 9 heteroatoms. The molecule has 0 bridgehead atoms. The Labute approximate surface area is 177 Å². The molecule has 1 unspecified atom stereocenters. The van der Waals surface area contributed by atoms with Crippen LogP contribution in [0.3, 0.4) is 0 Å². The third kappa shape index (κ3) is 3.91. The number of hydrogen-bond acceptors (Lipinski definition) is 6. The van der Waals surface area contributed by atoms with Crippen molar-refractivity contribution in [2.45, 2.75) is 57.4 Å². The molecule has 0 radical (unpaired) electrons. The summed E-state index contributed by atoms with van der Waals surface area (Å²) in [6.07, 6.45) is 2.69. The number of carbonyl (C=O) groups excluding carboxylic acids is 1. The Kier molecular flexibility index (Phi) is 6.14. The van der Waals surface area contributed by atoms with E-state index >= 15 is 0 Å². The van der Waals surface area contributed by atoms with Gasteiger partial charge in [-0.05, 0) is 55.9 Å². The van der Waals surface area contributed by atoms with Crippen molar-refractivity contribution in [3.05, 3.63) is 46.5 Å². The van der Waals surface area contributed by atoms with Crippen LogP contribution in [0.1, 0.15) is 71.7 Å². The van der Waals surface area contributed by atoms with Crippen LogP contribution in [0.5, 0.6) is 5.75 Å². The van der Waals surface area contributed by atoms with Gasteiger partial charge in [-0.15, -0.1) is 0 Å². The summed E-state index contributed by atoms with van der Waals surface area (Å²) in [6, 6.07) is 3.00. The zero-order chi connectivity index (χ0) is 22.2. The van der Waals surface area contributed by atoms with Crippen molar-refractivity contribution in [3.63, 3.8) is 0 Å². The zero-order valence-electron chi connectivity index (χ0n) is 18.0. The number of aromatic nitrogens is 2. The Bertz CT molecular complexity index is 1080. The van der Waals surface area contributed by atoms with Gasteiger partial charge in [0.15, 0.2) is 0 Å². The summed E-state index contributed by atoms with van der Waals surface area (Å²) in [6.45, 7) is 7.82. The first kappa shape index (κ1) is 22.2. The Morgan fingerprint density at radius 2 is 2.00 bits per heavy atom. The maximum Gasteiger partial charge on any atom is 0.252 e. The highest BCUT2D eigenvalue weighted by molar-refractivity contribution is 7.89. The highest BCUT2D eigenvalue weighted by Crippen LogP contribution is 2.38. The van der Waals surface area contributed by atoms with Crippen LogP contribution in [0.2, 0.25) is 0 Å². The SMILES string of the molecule is COc1cc(C)c(S(=O)(=O)N2CCCC2c2ncc(C(N)=O)c(C)n2)cc1C(C)C. The van der Waals surface area contributed by atoms with E-state index in [2.05, 4.69) is 9.97 Å².